The van der Waals surface area contributed by atoms with Crippen LogP contribution in [0.4, 0.5) is 0 Å². The fourth-order valence-electron chi connectivity index (χ4n) is 1.28. The van der Waals surface area contributed by atoms with Gasteiger partial charge in [0, 0.05) is 24.0 Å². The van der Waals surface area contributed by atoms with Gasteiger partial charge in [-0.05, 0) is 12.1 Å². The molecule has 1 N–H and O–H groups in total. The van der Waals surface area contributed by atoms with Crippen molar-refractivity contribution in [3.63, 3.8) is 0 Å². The standard InChI is InChI=1S/C10H9NO2.ClH/c1-7(12)13-10-6-11-9-5-3-2-4-8(9)10;/h2-6,11H,1H3;1H. The van der Waals surface area contributed by atoms with Crippen LogP contribution in [-0.2, 0) is 4.79 Å². The maximum Gasteiger partial charge on any atom is 0.308 e. The Morgan fingerprint density at radius 2 is 2.07 bits per heavy atom. The zero-order valence-electron chi connectivity index (χ0n) is 7.61. The largest absolute Gasteiger partial charge is 0.424 e. The SMILES string of the molecule is CC(=O)Oc1c[nH]c2ccccc12.Cl. The molecule has 0 atom stereocenters. The molecular formula is C10H10ClNO2. The molecule has 3 nitrogen and oxygen atoms in total. The second kappa shape index (κ2) is 4.15. The first-order chi connectivity index (χ1) is 6.27. The lowest BCUT2D eigenvalue weighted by Crippen LogP contribution is -2.00. The van der Waals surface area contributed by atoms with Crippen molar-refractivity contribution in [2.75, 3.05) is 0 Å². The molecule has 0 bridgehead atoms. The van der Waals surface area contributed by atoms with E-state index in [2.05, 4.69) is 4.98 Å². The summed E-state index contributed by atoms with van der Waals surface area (Å²) in [6.07, 6.45) is 1.69. The third kappa shape index (κ3) is 1.88. The third-order valence-corrected chi connectivity index (χ3v) is 1.80. The molecule has 0 aliphatic carbocycles. The van der Waals surface area contributed by atoms with E-state index >= 15 is 0 Å². The molecule has 1 heterocycles. The number of aromatic nitrogens is 1. The Labute approximate surface area is 87.5 Å². The van der Waals surface area contributed by atoms with Gasteiger partial charge in [-0.2, -0.15) is 0 Å². The van der Waals surface area contributed by atoms with E-state index in [1.54, 1.807) is 6.20 Å². The Morgan fingerprint density at radius 3 is 2.79 bits per heavy atom. The number of carbonyl (C=O) groups excluding carboxylic acids is 1. The molecule has 0 saturated heterocycles. The van der Waals surface area contributed by atoms with E-state index in [-0.39, 0.29) is 18.4 Å². The quantitative estimate of drug-likeness (QED) is 0.737. The molecule has 2 rings (SSSR count). The van der Waals surface area contributed by atoms with Crippen LogP contribution in [-0.4, -0.2) is 11.0 Å². The highest BCUT2D eigenvalue weighted by atomic mass is 35.5. The number of H-pyrrole nitrogens is 1. The van der Waals surface area contributed by atoms with E-state index in [9.17, 15) is 4.79 Å². The number of halogens is 1. The molecule has 14 heavy (non-hydrogen) atoms. The number of rotatable bonds is 1. The van der Waals surface area contributed by atoms with Crippen molar-refractivity contribution in [3.8, 4) is 5.75 Å². The van der Waals surface area contributed by atoms with Crippen LogP contribution in [0.5, 0.6) is 5.75 Å². The molecule has 74 valence electrons. The molecule has 0 radical (unpaired) electrons. The minimum absolute atomic E-state index is 0. The highest BCUT2D eigenvalue weighted by Gasteiger charge is 2.04. The average molecular weight is 212 g/mol. The predicted octanol–water partition coefficient (Wildman–Crippen LogP) is 2.52. The number of benzene rings is 1. The molecule has 2 aromatic rings. The Hall–Kier alpha value is -1.48. The van der Waals surface area contributed by atoms with Gasteiger partial charge in [0.15, 0.2) is 5.75 Å². The summed E-state index contributed by atoms with van der Waals surface area (Å²) >= 11 is 0. The first-order valence-electron chi connectivity index (χ1n) is 4.02. The summed E-state index contributed by atoms with van der Waals surface area (Å²) in [6.45, 7) is 1.39. The van der Waals surface area contributed by atoms with Gasteiger partial charge in [-0.25, -0.2) is 0 Å². The third-order valence-electron chi connectivity index (χ3n) is 1.80. The monoisotopic (exact) mass is 211 g/mol. The molecule has 0 fully saturated rings. The van der Waals surface area contributed by atoms with Crippen LogP contribution < -0.4 is 4.74 Å². The number of fused-ring (bicyclic) bond motifs is 1. The van der Waals surface area contributed by atoms with Gasteiger partial charge in [-0.1, -0.05) is 12.1 Å². The average Bonchev–Trinajstić information content (AvgIpc) is 2.48. The number of carbonyl (C=O) groups is 1. The van der Waals surface area contributed by atoms with Gasteiger partial charge in [-0.3, -0.25) is 4.79 Å². The maximum atomic E-state index is 10.7. The molecule has 1 aromatic carbocycles. The highest BCUT2D eigenvalue weighted by molar-refractivity contribution is 5.88. The van der Waals surface area contributed by atoms with Crippen molar-refractivity contribution in [2.45, 2.75) is 6.92 Å². The molecule has 4 heteroatoms. The number of nitrogens with one attached hydrogen (secondary N) is 1. The van der Waals surface area contributed by atoms with Gasteiger partial charge in [-0.15, -0.1) is 12.4 Å². The summed E-state index contributed by atoms with van der Waals surface area (Å²) < 4.78 is 5.00. The number of hydrogen-bond acceptors (Lipinski definition) is 2. The number of aromatic amines is 1. The number of hydrogen-bond donors (Lipinski definition) is 1. The molecule has 0 amide bonds. The van der Waals surface area contributed by atoms with E-state index < -0.39 is 0 Å². The van der Waals surface area contributed by atoms with Crippen molar-refractivity contribution >= 4 is 29.3 Å². The minimum Gasteiger partial charge on any atom is -0.424 e. The smallest absolute Gasteiger partial charge is 0.308 e. The number of ether oxygens (including phenoxy) is 1. The van der Waals surface area contributed by atoms with Gasteiger partial charge in [0.2, 0.25) is 0 Å². The summed E-state index contributed by atoms with van der Waals surface area (Å²) in [6, 6.07) is 7.67. The fraction of sp³-hybridized carbons (Fsp3) is 0.100. The van der Waals surface area contributed by atoms with Crippen molar-refractivity contribution < 1.29 is 9.53 Å². The Bertz CT molecular complexity index is 450. The lowest BCUT2D eigenvalue weighted by molar-refractivity contribution is -0.131. The van der Waals surface area contributed by atoms with Crippen LogP contribution in [0.1, 0.15) is 6.92 Å². The van der Waals surface area contributed by atoms with Crippen molar-refractivity contribution in [1.82, 2.24) is 4.98 Å². The van der Waals surface area contributed by atoms with E-state index in [1.807, 2.05) is 24.3 Å². The molecule has 0 unspecified atom stereocenters. The Kier molecular flexibility index (Phi) is 3.14. The van der Waals surface area contributed by atoms with Crippen LogP contribution in [0.15, 0.2) is 30.5 Å². The van der Waals surface area contributed by atoms with Gasteiger partial charge in [0.25, 0.3) is 0 Å². The van der Waals surface area contributed by atoms with Crippen molar-refractivity contribution in [1.29, 1.82) is 0 Å². The fourth-order valence-corrected chi connectivity index (χ4v) is 1.28. The Balaban J connectivity index is 0.000000980. The zero-order valence-corrected chi connectivity index (χ0v) is 8.43. The van der Waals surface area contributed by atoms with E-state index in [0.29, 0.717) is 5.75 Å². The normalized spacial score (nSPS) is 9.50. The number of para-hydroxylation sites is 1. The van der Waals surface area contributed by atoms with Crippen LogP contribution in [0, 0.1) is 0 Å². The van der Waals surface area contributed by atoms with Crippen LogP contribution >= 0.6 is 12.4 Å². The predicted molar refractivity (Wildman–Crippen MR) is 56.9 cm³/mol. The lowest BCUT2D eigenvalue weighted by Gasteiger charge is -1.96. The molecule has 0 saturated carbocycles. The summed E-state index contributed by atoms with van der Waals surface area (Å²) in [4.78, 5) is 13.7. The second-order valence-corrected chi connectivity index (χ2v) is 2.79. The summed E-state index contributed by atoms with van der Waals surface area (Å²) in [7, 11) is 0. The first-order valence-corrected chi connectivity index (χ1v) is 4.02. The van der Waals surface area contributed by atoms with Gasteiger partial charge in [0.05, 0.1) is 0 Å². The van der Waals surface area contributed by atoms with E-state index in [4.69, 9.17) is 4.74 Å². The van der Waals surface area contributed by atoms with Gasteiger partial charge < -0.3 is 9.72 Å². The van der Waals surface area contributed by atoms with Gasteiger partial charge in [0.1, 0.15) is 0 Å². The van der Waals surface area contributed by atoms with Crippen molar-refractivity contribution in [2.24, 2.45) is 0 Å². The molecule has 1 aromatic heterocycles. The van der Waals surface area contributed by atoms with Gasteiger partial charge >= 0.3 is 5.97 Å². The number of esters is 1. The molecule has 0 aliphatic heterocycles. The van der Waals surface area contributed by atoms with E-state index in [0.717, 1.165) is 10.9 Å². The summed E-state index contributed by atoms with van der Waals surface area (Å²) in [5, 5.41) is 0.928. The molecule has 0 spiro atoms. The first kappa shape index (κ1) is 10.6. The zero-order chi connectivity index (χ0) is 9.26. The molecular weight excluding hydrogens is 202 g/mol. The molecule has 0 aliphatic rings. The highest BCUT2D eigenvalue weighted by Crippen LogP contribution is 2.24. The van der Waals surface area contributed by atoms with Crippen LogP contribution in [0.2, 0.25) is 0 Å². The maximum absolute atomic E-state index is 10.7. The second-order valence-electron chi connectivity index (χ2n) is 2.79. The topological polar surface area (TPSA) is 42.1 Å². The summed E-state index contributed by atoms with van der Waals surface area (Å²) in [5.74, 6) is 0.285. The van der Waals surface area contributed by atoms with Crippen LogP contribution in [0.3, 0.4) is 0 Å². The van der Waals surface area contributed by atoms with E-state index in [1.165, 1.54) is 6.92 Å². The summed E-state index contributed by atoms with van der Waals surface area (Å²) in [5.41, 5.74) is 0.971. The minimum atomic E-state index is -0.301. The lowest BCUT2D eigenvalue weighted by atomic mass is 10.2. The Morgan fingerprint density at radius 1 is 1.36 bits per heavy atom. The van der Waals surface area contributed by atoms with Crippen molar-refractivity contribution in [3.05, 3.63) is 30.5 Å². The van der Waals surface area contributed by atoms with Crippen LogP contribution in [0.25, 0.3) is 10.9 Å².